The van der Waals surface area contributed by atoms with E-state index in [9.17, 15) is 9.59 Å². The van der Waals surface area contributed by atoms with Gasteiger partial charge in [0.05, 0.1) is 12.1 Å². The van der Waals surface area contributed by atoms with Gasteiger partial charge in [0.1, 0.15) is 5.75 Å². The summed E-state index contributed by atoms with van der Waals surface area (Å²) in [6.07, 6.45) is 12.3. The molecule has 0 radical (unpaired) electrons. The molecule has 2 aromatic rings. The lowest BCUT2D eigenvalue weighted by Gasteiger charge is -2.45. The molecule has 1 fully saturated rings. The van der Waals surface area contributed by atoms with Gasteiger partial charge in [0, 0.05) is 32.4 Å². The van der Waals surface area contributed by atoms with Gasteiger partial charge in [-0.3, -0.25) is 14.6 Å². The van der Waals surface area contributed by atoms with E-state index in [1.165, 1.54) is 0 Å². The number of ether oxygens (including phenoxy) is 1. The van der Waals surface area contributed by atoms with Crippen LogP contribution >= 0.6 is 0 Å². The largest absolute Gasteiger partial charge is 0.483 e. The van der Waals surface area contributed by atoms with Gasteiger partial charge >= 0.3 is 0 Å². The number of carbonyl (C=O) groups is 2. The Bertz CT molecular complexity index is 960. The molecule has 0 bridgehead atoms. The number of pyridine rings is 1. The molecule has 32 heavy (non-hydrogen) atoms. The number of likely N-dealkylation sites (N-methyl/N-ethyl adjacent to an activating group) is 1. The van der Waals surface area contributed by atoms with Crippen LogP contribution in [0.15, 0.2) is 60.9 Å². The van der Waals surface area contributed by atoms with E-state index in [4.69, 9.17) is 4.74 Å². The number of aryl methyl sites for hydroxylation is 1. The molecule has 6 heteroatoms. The summed E-state index contributed by atoms with van der Waals surface area (Å²) in [5.74, 6) is 0.849. The van der Waals surface area contributed by atoms with E-state index in [0.29, 0.717) is 12.8 Å². The van der Waals surface area contributed by atoms with Gasteiger partial charge in [-0.15, -0.1) is 0 Å². The van der Waals surface area contributed by atoms with Crippen molar-refractivity contribution in [2.45, 2.75) is 50.6 Å². The van der Waals surface area contributed by atoms with Crippen LogP contribution in [0.1, 0.15) is 36.8 Å². The van der Waals surface area contributed by atoms with E-state index in [1.807, 2.05) is 54.5 Å². The van der Waals surface area contributed by atoms with Crippen molar-refractivity contribution in [3.8, 4) is 5.75 Å². The fourth-order valence-electron chi connectivity index (χ4n) is 4.71. The number of para-hydroxylation sites is 1. The first-order valence-corrected chi connectivity index (χ1v) is 11.4. The van der Waals surface area contributed by atoms with E-state index in [0.717, 1.165) is 49.1 Å². The second-order valence-corrected chi connectivity index (χ2v) is 8.54. The predicted molar refractivity (Wildman–Crippen MR) is 123 cm³/mol. The molecule has 1 aromatic carbocycles. The van der Waals surface area contributed by atoms with Gasteiger partial charge in [0.15, 0.2) is 6.61 Å². The maximum absolute atomic E-state index is 13.2. The first kappa shape index (κ1) is 22.1. The fourth-order valence-corrected chi connectivity index (χ4v) is 4.71. The van der Waals surface area contributed by atoms with Crippen LogP contribution in [0.5, 0.6) is 5.75 Å². The summed E-state index contributed by atoms with van der Waals surface area (Å²) in [5, 5.41) is 0. The van der Waals surface area contributed by atoms with Crippen molar-refractivity contribution in [3.05, 3.63) is 72.1 Å². The summed E-state index contributed by atoms with van der Waals surface area (Å²) < 4.78 is 5.87. The number of aromatic nitrogens is 1. The number of benzene rings is 1. The number of piperidine rings is 1. The number of fused-ring (bicyclic) bond motifs is 2. The van der Waals surface area contributed by atoms with Gasteiger partial charge in [-0.25, -0.2) is 0 Å². The molecule has 168 valence electrons. The van der Waals surface area contributed by atoms with Crippen LogP contribution in [-0.2, 0) is 22.4 Å². The minimum absolute atomic E-state index is 0.00933. The van der Waals surface area contributed by atoms with E-state index in [-0.39, 0.29) is 30.5 Å². The number of allylic oxidation sites excluding steroid dienone is 1. The van der Waals surface area contributed by atoms with E-state index >= 15 is 0 Å². The van der Waals surface area contributed by atoms with E-state index in [2.05, 4.69) is 17.1 Å². The number of carbonyl (C=O) groups excluding carboxylic acids is 2. The normalized spacial score (nSPS) is 22.6. The minimum Gasteiger partial charge on any atom is -0.483 e. The quantitative estimate of drug-likeness (QED) is 0.696. The number of amides is 2. The zero-order valence-corrected chi connectivity index (χ0v) is 18.7. The Balaban J connectivity index is 1.52. The molecule has 0 N–H and O–H groups in total. The molecule has 0 spiro atoms. The molecule has 2 aliphatic heterocycles. The van der Waals surface area contributed by atoms with Crippen LogP contribution in [-0.4, -0.2) is 58.9 Å². The molecular weight excluding hydrogens is 402 g/mol. The Hall–Kier alpha value is -3.15. The Labute approximate surface area is 189 Å². The van der Waals surface area contributed by atoms with Gasteiger partial charge in [0.2, 0.25) is 5.91 Å². The summed E-state index contributed by atoms with van der Waals surface area (Å²) in [6.45, 7) is 0.748. The van der Waals surface area contributed by atoms with Gasteiger partial charge < -0.3 is 14.5 Å². The number of likely N-dealkylation sites (tertiary alicyclic amines) is 1. The van der Waals surface area contributed by atoms with Crippen LogP contribution in [0.3, 0.4) is 0 Å². The summed E-state index contributed by atoms with van der Waals surface area (Å²) in [4.78, 5) is 34.1. The summed E-state index contributed by atoms with van der Waals surface area (Å²) >= 11 is 0. The maximum Gasteiger partial charge on any atom is 0.260 e. The molecule has 2 amide bonds. The van der Waals surface area contributed by atoms with Crippen molar-refractivity contribution in [1.82, 2.24) is 14.8 Å². The average Bonchev–Trinajstić information content (AvgIpc) is 2.83. The lowest BCUT2D eigenvalue weighted by Crippen LogP contribution is -2.57. The Kier molecular flexibility index (Phi) is 7.20. The summed E-state index contributed by atoms with van der Waals surface area (Å²) in [6, 6.07) is 11.7. The first-order valence-electron chi connectivity index (χ1n) is 11.4. The zero-order valence-electron chi connectivity index (χ0n) is 18.7. The van der Waals surface area contributed by atoms with Crippen LogP contribution in [0.25, 0.3) is 0 Å². The molecule has 0 aliphatic carbocycles. The lowest BCUT2D eigenvalue weighted by molar-refractivity contribution is -0.143. The first-order chi connectivity index (χ1) is 15.6. The SMILES string of the molecule is CN1C(=O)COc2ccccc2C/C=C/C[C@@H]2[C@H]1CCCN2C(=O)CCc1cccnc1. The van der Waals surface area contributed by atoms with Crippen molar-refractivity contribution >= 4 is 11.8 Å². The summed E-state index contributed by atoms with van der Waals surface area (Å²) in [7, 11) is 1.84. The number of rotatable bonds is 3. The Morgan fingerprint density at radius 1 is 1.16 bits per heavy atom. The molecule has 4 rings (SSSR count). The fraction of sp³-hybridized carbons (Fsp3) is 0.423. The van der Waals surface area contributed by atoms with Gasteiger partial charge in [0.25, 0.3) is 5.91 Å². The molecule has 3 heterocycles. The van der Waals surface area contributed by atoms with Crippen LogP contribution < -0.4 is 4.74 Å². The highest BCUT2D eigenvalue weighted by Gasteiger charge is 2.37. The Morgan fingerprint density at radius 2 is 2.03 bits per heavy atom. The molecule has 1 saturated heterocycles. The van der Waals surface area contributed by atoms with E-state index < -0.39 is 0 Å². The van der Waals surface area contributed by atoms with Gasteiger partial charge in [-0.2, -0.15) is 0 Å². The second kappa shape index (κ2) is 10.4. The smallest absolute Gasteiger partial charge is 0.260 e. The monoisotopic (exact) mass is 433 g/mol. The third kappa shape index (κ3) is 5.18. The van der Waals surface area contributed by atoms with Gasteiger partial charge in [-0.1, -0.05) is 36.4 Å². The molecule has 0 unspecified atom stereocenters. The highest BCUT2D eigenvalue weighted by molar-refractivity contribution is 5.79. The van der Waals surface area contributed by atoms with Crippen molar-refractivity contribution in [1.29, 1.82) is 0 Å². The molecule has 2 aliphatic rings. The van der Waals surface area contributed by atoms with Crippen molar-refractivity contribution < 1.29 is 14.3 Å². The third-order valence-electron chi connectivity index (χ3n) is 6.51. The van der Waals surface area contributed by atoms with Crippen LogP contribution in [0.4, 0.5) is 0 Å². The third-order valence-corrected chi connectivity index (χ3v) is 6.51. The van der Waals surface area contributed by atoms with Crippen molar-refractivity contribution in [2.24, 2.45) is 0 Å². The number of nitrogens with zero attached hydrogens (tertiary/aromatic N) is 3. The number of hydrogen-bond acceptors (Lipinski definition) is 4. The zero-order chi connectivity index (χ0) is 22.3. The molecular formula is C26H31N3O3. The van der Waals surface area contributed by atoms with Crippen LogP contribution in [0, 0.1) is 0 Å². The molecule has 1 aromatic heterocycles. The second-order valence-electron chi connectivity index (χ2n) is 8.54. The topological polar surface area (TPSA) is 62.7 Å². The van der Waals surface area contributed by atoms with E-state index in [1.54, 1.807) is 11.1 Å². The van der Waals surface area contributed by atoms with Crippen molar-refractivity contribution in [2.75, 3.05) is 20.2 Å². The highest BCUT2D eigenvalue weighted by Crippen LogP contribution is 2.27. The number of hydrogen-bond donors (Lipinski definition) is 0. The molecule has 6 nitrogen and oxygen atoms in total. The molecule has 0 saturated carbocycles. The minimum atomic E-state index is -0.0518. The average molecular weight is 434 g/mol. The predicted octanol–water partition coefficient (Wildman–Crippen LogP) is 3.41. The maximum atomic E-state index is 13.2. The van der Waals surface area contributed by atoms with Crippen LogP contribution in [0.2, 0.25) is 0 Å². The molecule has 2 atom stereocenters. The standard InChI is InChI=1S/C26H31N3O3/c1-28-22-12-7-17-29(25(30)15-14-20-8-6-16-27-18-20)23(22)11-4-2-9-21-10-3-5-13-24(21)32-19-26(28)31/h2-6,8,10,13,16,18,22-23H,7,9,11-12,14-15,17,19H2,1H3/b4-2+/t22-,23-/m1/s1. The summed E-state index contributed by atoms with van der Waals surface area (Å²) in [5.41, 5.74) is 2.13. The lowest BCUT2D eigenvalue weighted by atomic mass is 9.91. The van der Waals surface area contributed by atoms with Gasteiger partial charge in [-0.05, 0) is 55.4 Å². The van der Waals surface area contributed by atoms with Crippen molar-refractivity contribution in [3.63, 3.8) is 0 Å². The Morgan fingerprint density at radius 3 is 2.88 bits per heavy atom. The highest BCUT2D eigenvalue weighted by atomic mass is 16.5.